The highest BCUT2D eigenvalue weighted by Crippen LogP contribution is 2.33. The van der Waals surface area contributed by atoms with Crippen molar-refractivity contribution < 1.29 is 9.59 Å². The van der Waals surface area contributed by atoms with Gasteiger partial charge in [-0.15, -0.1) is 0 Å². The van der Waals surface area contributed by atoms with Crippen molar-refractivity contribution in [2.24, 2.45) is 5.92 Å². The van der Waals surface area contributed by atoms with Crippen molar-refractivity contribution in [1.29, 1.82) is 0 Å². The number of fused-ring (bicyclic) bond motifs is 1. The minimum absolute atomic E-state index is 0.0329. The summed E-state index contributed by atoms with van der Waals surface area (Å²) in [6.45, 7) is 8.59. The summed E-state index contributed by atoms with van der Waals surface area (Å²) in [6.07, 6.45) is 8.65. The van der Waals surface area contributed by atoms with Gasteiger partial charge in [0.05, 0.1) is 23.3 Å². The van der Waals surface area contributed by atoms with Crippen LogP contribution in [0.1, 0.15) is 67.8 Å². The monoisotopic (exact) mass is 567 g/mol. The van der Waals surface area contributed by atoms with Crippen molar-refractivity contribution in [3.05, 3.63) is 65.7 Å². The average molecular weight is 568 g/mol. The summed E-state index contributed by atoms with van der Waals surface area (Å²) in [4.78, 5) is 39.3. The van der Waals surface area contributed by atoms with Gasteiger partial charge in [-0.05, 0) is 57.7 Å². The van der Waals surface area contributed by atoms with E-state index < -0.39 is 0 Å². The van der Waals surface area contributed by atoms with Gasteiger partial charge in [-0.1, -0.05) is 67.8 Å². The number of amides is 2. The Hall–Kier alpha value is -3.29. The minimum atomic E-state index is -0.0329. The molecule has 3 heterocycles. The second-order valence-electron chi connectivity index (χ2n) is 12.5. The van der Waals surface area contributed by atoms with Crippen molar-refractivity contribution in [1.82, 2.24) is 25.0 Å². The molecule has 1 atom stereocenters. The zero-order valence-corrected chi connectivity index (χ0v) is 25.1. The molecule has 1 saturated carbocycles. The molecule has 3 fully saturated rings. The summed E-state index contributed by atoms with van der Waals surface area (Å²) in [6, 6.07) is 18.3. The molecular formula is C35H45N5O2. The predicted octanol–water partition coefficient (Wildman–Crippen LogP) is 5.34. The molecule has 3 aromatic rings. The normalized spacial score (nSPS) is 19.8. The molecule has 3 aliphatic rings. The second-order valence-corrected chi connectivity index (χ2v) is 12.5. The number of aromatic nitrogens is 1. The number of nitrogens with one attached hydrogen (secondary N) is 1. The first-order valence-electron chi connectivity index (χ1n) is 16.1. The summed E-state index contributed by atoms with van der Waals surface area (Å²) < 4.78 is 0. The molecule has 0 spiro atoms. The number of pyridine rings is 1. The van der Waals surface area contributed by atoms with Crippen LogP contribution in [0.5, 0.6) is 0 Å². The molecule has 1 aliphatic carbocycles. The second kappa shape index (κ2) is 13.3. The zero-order chi connectivity index (χ0) is 28.9. The fraction of sp³-hybridized carbons (Fsp3) is 0.514. The van der Waals surface area contributed by atoms with E-state index in [1.165, 1.54) is 44.9 Å². The Kier molecular flexibility index (Phi) is 9.15. The molecule has 7 nitrogen and oxygen atoms in total. The van der Waals surface area contributed by atoms with Gasteiger partial charge in [-0.3, -0.25) is 14.5 Å². The van der Waals surface area contributed by atoms with Crippen LogP contribution in [-0.2, 0) is 11.3 Å². The minimum Gasteiger partial charge on any atom is -0.349 e. The van der Waals surface area contributed by atoms with E-state index in [1.807, 2.05) is 47.4 Å². The predicted molar refractivity (Wildman–Crippen MR) is 168 cm³/mol. The topological polar surface area (TPSA) is 68.8 Å². The number of carbonyl (C=O) groups is 2. The Morgan fingerprint density at radius 1 is 0.881 bits per heavy atom. The Balaban J connectivity index is 1.30. The Morgan fingerprint density at radius 3 is 2.38 bits per heavy atom. The molecule has 0 bridgehead atoms. The smallest absolute Gasteiger partial charge is 0.252 e. The molecule has 0 radical (unpaired) electrons. The van der Waals surface area contributed by atoms with Gasteiger partial charge in [0, 0.05) is 55.3 Å². The van der Waals surface area contributed by atoms with Crippen LogP contribution in [0.4, 0.5) is 0 Å². The molecule has 2 aliphatic heterocycles. The lowest BCUT2D eigenvalue weighted by atomic mass is 9.84. The lowest BCUT2D eigenvalue weighted by molar-refractivity contribution is -0.136. The highest BCUT2D eigenvalue weighted by Gasteiger charge is 2.30. The highest BCUT2D eigenvalue weighted by atomic mass is 16.2. The van der Waals surface area contributed by atoms with Gasteiger partial charge in [0.25, 0.3) is 5.91 Å². The number of para-hydroxylation sites is 1. The summed E-state index contributed by atoms with van der Waals surface area (Å²) >= 11 is 0. The molecule has 2 amide bonds. The van der Waals surface area contributed by atoms with E-state index in [2.05, 4.69) is 34.2 Å². The standard InChI is InChI=1S/C35H45N5O2/c1-26(27-12-4-2-5-13-27)36-35(42)33-29-16-8-9-17-31(29)37-34(28-14-6-3-7-15-28)30(33)24-39-21-23-40(32(41)25-39)22-20-38-18-10-11-19-38/h3,6-9,14-17,26-27H,2,4-5,10-13,18-25H2,1H3,(H,36,42)/t26-/m0/s1. The van der Waals surface area contributed by atoms with Gasteiger partial charge in [0.2, 0.25) is 5.91 Å². The summed E-state index contributed by atoms with van der Waals surface area (Å²) in [5.74, 6) is 0.654. The van der Waals surface area contributed by atoms with E-state index in [-0.39, 0.29) is 17.9 Å². The molecule has 2 aromatic carbocycles. The van der Waals surface area contributed by atoms with Crippen LogP contribution in [0, 0.1) is 5.92 Å². The molecule has 0 unspecified atom stereocenters. The first-order chi connectivity index (χ1) is 20.6. The van der Waals surface area contributed by atoms with E-state index >= 15 is 0 Å². The van der Waals surface area contributed by atoms with Gasteiger partial charge in [0.15, 0.2) is 0 Å². The van der Waals surface area contributed by atoms with Crippen molar-refractivity contribution >= 4 is 22.7 Å². The summed E-state index contributed by atoms with van der Waals surface area (Å²) in [5, 5.41) is 4.28. The van der Waals surface area contributed by atoms with Gasteiger partial charge in [-0.25, -0.2) is 4.98 Å². The third-order valence-corrected chi connectivity index (χ3v) is 9.65. The maximum Gasteiger partial charge on any atom is 0.252 e. The SMILES string of the molecule is C[C@H](NC(=O)c1c(CN2CCN(CCN3CCCC3)C(=O)C2)c(-c2ccccc2)nc2ccccc12)C1CCCCC1. The van der Waals surface area contributed by atoms with Crippen LogP contribution in [0.15, 0.2) is 54.6 Å². The maximum atomic E-state index is 14.2. The quantitative estimate of drug-likeness (QED) is 0.378. The number of hydrogen-bond acceptors (Lipinski definition) is 5. The Labute approximate surface area is 250 Å². The first-order valence-corrected chi connectivity index (χ1v) is 16.1. The molecular weight excluding hydrogens is 522 g/mol. The van der Waals surface area contributed by atoms with Crippen molar-refractivity contribution in [3.63, 3.8) is 0 Å². The molecule has 1 N–H and O–H groups in total. The summed E-state index contributed by atoms with van der Waals surface area (Å²) in [5.41, 5.74) is 4.24. The zero-order valence-electron chi connectivity index (χ0n) is 25.1. The highest BCUT2D eigenvalue weighted by molar-refractivity contribution is 6.09. The third kappa shape index (κ3) is 6.52. The van der Waals surface area contributed by atoms with Crippen molar-refractivity contribution in [2.45, 2.75) is 64.5 Å². The molecule has 6 rings (SSSR count). The lowest BCUT2D eigenvalue weighted by Crippen LogP contribution is -2.51. The maximum absolute atomic E-state index is 14.2. The number of likely N-dealkylation sites (tertiary alicyclic amines) is 1. The Morgan fingerprint density at radius 2 is 1.62 bits per heavy atom. The van der Waals surface area contributed by atoms with E-state index in [0.29, 0.717) is 31.1 Å². The van der Waals surface area contributed by atoms with Gasteiger partial charge in [-0.2, -0.15) is 0 Å². The molecule has 222 valence electrons. The average Bonchev–Trinajstić information content (AvgIpc) is 3.55. The van der Waals surface area contributed by atoms with E-state index in [1.54, 1.807) is 0 Å². The fourth-order valence-corrected chi connectivity index (χ4v) is 7.15. The fourth-order valence-electron chi connectivity index (χ4n) is 7.15. The molecule has 2 saturated heterocycles. The van der Waals surface area contributed by atoms with Gasteiger partial charge < -0.3 is 15.1 Å². The lowest BCUT2D eigenvalue weighted by Gasteiger charge is -2.36. The molecule has 42 heavy (non-hydrogen) atoms. The van der Waals surface area contributed by atoms with E-state index in [4.69, 9.17) is 4.98 Å². The van der Waals surface area contributed by atoms with E-state index in [9.17, 15) is 9.59 Å². The number of rotatable bonds is 9. The van der Waals surface area contributed by atoms with Crippen molar-refractivity contribution in [2.75, 3.05) is 45.8 Å². The molecule has 7 heteroatoms. The van der Waals surface area contributed by atoms with Crippen LogP contribution >= 0.6 is 0 Å². The first kappa shape index (κ1) is 28.8. The van der Waals surface area contributed by atoms with Crippen LogP contribution in [-0.4, -0.2) is 83.4 Å². The third-order valence-electron chi connectivity index (χ3n) is 9.65. The van der Waals surface area contributed by atoms with Crippen molar-refractivity contribution in [3.8, 4) is 11.3 Å². The van der Waals surface area contributed by atoms with Gasteiger partial charge >= 0.3 is 0 Å². The largest absolute Gasteiger partial charge is 0.349 e. The van der Waals surface area contributed by atoms with Crippen LogP contribution in [0.25, 0.3) is 22.2 Å². The summed E-state index contributed by atoms with van der Waals surface area (Å²) in [7, 11) is 0. The number of hydrogen-bond donors (Lipinski definition) is 1. The Bertz CT molecular complexity index is 1380. The number of nitrogens with zero attached hydrogens (tertiary/aromatic N) is 4. The number of benzene rings is 2. The molecule has 1 aromatic heterocycles. The van der Waals surface area contributed by atoms with Gasteiger partial charge in [0.1, 0.15) is 0 Å². The number of piperazine rings is 1. The van der Waals surface area contributed by atoms with Crippen LogP contribution in [0.2, 0.25) is 0 Å². The number of carbonyl (C=O) groups excluding carboxylic acids is 2. The van der Waals surface area contributed by atoms with E-state index in [0.717, 1.165) is 60.4 Å². The van der Waals surface area contributed by atoms with Crippen LogP contribution < -0.4 is 5.32 Å². The van der Waals surface area contributed by atoms with Crippen LogP contribution in [0.3, 0.4) is 0 Å².